The van der Waals surface area contributed by atoms with Crippen molar-refractivity contribution >= 4 is 40.7 Å². The maximum absolute atomic E-state index is 6.12. The topological polar surface area (TPSA) is 26.0 Å². The third-order valence-electron chi connectivity index (χ3n) is 2.28. The smallest absolute Gasteiger partial charge is 0.0546 e. The molecule has 0 aliphatic rings. The van der Waals surface area contributed by atoms with Crippen LogP contribution in [0.3, 0.4) is 0 Å². The Hall–Kier alpha value is -0.830. The monoisotopic (exact) mass is 283 g/mol. The summed E-state index contributed by atoms with van der Waals surface area (Å²) in [6.45, 7) is 2.03. The fraction of sp³-hybridized carbons (Fsp3) is 0.0769. The van der Waals surface area contributed by atoms with E-state index in [1.165, 1.54) is 17.3 Å². The maximum Gasteiger partial charge on any atom is 0.0546 e. The summed E-state index contributed by atoms with van der Waals surface area (Å²) in [5.74, 6) is 0. The standard InChI is InChI=1S/C13H11Cl2NS/c1-8-2-5-11(16)13(6-8)17-12-7-9(14)3-4-10(12)15/h2-7H,16H2,1H3. The molecule has 0 saturated carbocycles. The van der Waals surface area contributed by atoms with Crippen LogP contribution in [-0.4, -0.2) is 0 Å². The predicted octanol–water partition coefficient (Wildman–Crippen LogP) is 5.04. The first-order valence-corrected chi connectivity index (χ1v) is 6.62. The molecule has 0 atom stereocenters. The van der Waals surface area contributed by atoms with Crippen LogP contribution in [0.25, 0.3) is 0 Å². The minimum Gasteiger partial charge on any atom is -0.398 e. The third kappa shape index (κ3) is 3.09. The summed E-state index contributed by atoms with van der Waals surface area (Å²) < 4.78 is 0. The van der Waals surface area contributed by atoms with Crippen LogP contribution in [0.5, 0.6) is 0 Å². The lowest BCUT2D eigenvalue weighted by molar-refractivity contribution is 1.35. The molecule has 17 heavy (non-hydrogen) atoms. The van der Waals surface area contributed by atoms with Crippen LogP contribution >= 0.6 is 35.0 Å². The first-order valence-electron chi connectivity index (χ1n) is 5.05. The molecular formula is C13H11Cl2NS. The first-order chi connectivity index (χ1) is 8.06. The van der Waals surface area contributed by atoms with Crippen molar-refractivity contribution in [3.63, 3.8) is 0 Å². The zero-order chi connectivity index (χ0) is 12.4. The summed E-state index contributed by atoms with van der Waals surface area (Å²) in [5, 5.41) is 1.35. The zero-order valence-electron chi connectivity index (χ0n) is 9.21. The molecule has 0 fully saturated rings. The maximum atomic E-state index is 6.12. The van der Waals surface area contributed by atoms with Crippen LogP contribution in [0.1, 0.15) is 5.56 Å². The van der Waals surface area contributed by atoms with Crippen LogP contribution in [-0.2, 0) is 0 Å². The van der Waals surface area contributed by atoms with Gasteiger partial charge in [-0.1, -0.05) is 41.0 Å². The van der Waals surface area contributed by atoms with E-state index in [4.69, 9.17) is 28.9 Å². The fourth-order valence-electron chi connectivity index (χ4n) is 1.40. The Morgan fingerprint density at radius 3 is 2.53 bits per heavy atom. The van der Waals surface area contributed by atoms with Gasteiger partial charge in [-0.2, -0.15) is 0 Å². The lowest BCUT2D eigenvalue weighted by atomic mass is 10.2. The van der Waals surface area contributed by atoms with E-state index < -0.39 is 0 Å². The van der Waals surface area contributed by atoms with Gasteiger partial charge >= 0.3 is 0 Å². The lowest BCUT2D eigenvalue weighted by Crippen LogP contribution is -1.89. The normalized spacial score (nSPS) is 10.5. The number of rotatable bonds is 2. The van der Waals surface area contributed by atoms with Crippen molar-refractivity contribution in [1.82, 2.24) is 0 Å². The number of aryl methyl sites for hydroxylation is 1. The molecule has 2 rings (SSSR count). The molecule has 0 aliphatic heterocycles. The molecule has 0 saturated heterocycles. The molecule has 2 N–H and O–H groups in total. The van der Waals surface area contributed by atoms with Gasteiger partial charge < -0.3 is 5.73 Å². The summed E-state index contributed by atoms with van der Waals surface area (Å²) in [6, 6.07) is 11.3. The van der Waals surface area contributed by atoms with Crippen molar-refractivity contribution in [3.05, 3.63) is 52.0 Å². The molecule has 0 aromatic heterocycles. The molecule has 0 radical (unpaired) electrons. The Balaban J connectivity index is 2.37. The van der Waals surface area contributed by atoms with E-state index in [0.717, 1.165) is 15.5 Å². The second-order valence-corrected chi connectivity index (χ2v) is 5.65. The second kappa shape index (κ2) is 5.21. The van der Waals surface area contributed by atoms with Crippen molar-refractivity contribution in [2.24, 2.45) is 0 Å². The second-order valence-electron chi connectivity index (χ2n) is 3.72. The summed E-state index contributed by atoms with van der Waals surface area (Å²) in [5.41, 5.74) is 7.84. The summed E-state index contributed by atoms with van der Waals surface area (Å²) in [7, 11) is 0. The minimum absolute atomic E-state index is 0.670. The van der Waals surface area contributed by atoms with Crippen LogP contribution in [0.4, 0.5) is 5.69 Å². The summed E-state index contributed by atoms with van der Waals surface area (Å²) in [4.78, 5) is 1.91. The quantitative estimate of drug-likeness (QED) is 0.782. The molecule has 1 nitrogen and oxygen atoms in total. The van der Waals surface area contributed by atoms with Gasteiger partial charge in [0.25, 0.3) is 0 Å². The predicted molar refractivity (Wildman–Crippen MR) is 76.2 cm³/mol. The summed E-state index contributed by atoms with van der Waals surface area (Å²) >= 11 is 13.6. The van der Waals surface area contributed by atoms with Gasteiger partial charge in [0.1, 0.15) is 0 Å². The Kier molecular flexibility index (Phi) is 3.87. The molecule has 0 spiro atoms. The van der Waals surface area contributed by atoms with Gasteiger partial charge in [-0.15, -0.1) is 0 Å². The highest BCUT2D eigenvalue weighted by Gasteiger charge is 2.06. The number of anilines is 1. The van der Waals surface area contributed by atoms with Gasteiger partial charge in [0.2, 0.25) is 0 Å². The van der Waals surface area contributed by atoms with E-state index in [0.29, 0.717) is 10.0 Å². The first kappa shape index (κ1) is 12.6. The van der Waals surface area contributed by atoms with Crippen LogP contribution < -0.4 is 5.73 Å². The molecule has 0 unspecified atom stereocenters. The molecule has 4 heteroatoms. The molecule has 88 valence electrons. The third-order valence-corrected chi connectivity index (χ3v) is 4.09. The van der Waals surface area contributed by atoms with Gasteiger partial charge in [-0.25, -0.2) is 0 Å². The number of hydrogen-bond acceptors (Lipinski definition) is 2. The number of nitrogen functional groups attached to an aromatic ring is 1. The number of benzene rings is 2. The van der Waals surface area contributed by atoms with E-state index in [1.54, 1.807) is 12.1 Å². The SMILES string of the molecule is Cc1ccc(N)c(Sc2cc(Cl)ccc2Cl)c1. The van der Waals surface area contributed by atoms with Gasteiger partial charge in [-0.05, 0) is 42.8 Å². The van der Waals surface area contributed by atoms with Gasteiger partial charge in [0, 0.05) is 20.5 Å². The van der Waals surface area contributed by atoms with Crippen LogP contribution in [0, 0.1) is 6.92 Å². The highest BCUT2D eigenvalue weighted by Crippen LogP contribution is 2.37. The molecule has 0 bridgehead atoms. The molecule has 0 heterocycles. The van der Waals surface area contributed by atoms with E-state index in [9.17, 15) is 0 Å². The highest BCUT2D eigenvalue weighted by molar-refractivity contribution is 7.99. The molecular weight excluding hydrogens is 273 g/mol. The van der Waals surface area contributed by atoms with E-state index >= 15 is 0 Å². The molecule has 0 aliphatic carbocycles. The van der Waals surface area contributed by atoms with Crippen molar-refractivity contribution < 1.29 is 0 Å². The largest absolute Gasteiger partial charge is 0.398 e. The average Bonchev–Trinajstić information content (AvgIpc) is 2.28. The Morgan fingerprint density at radius 2 is 1.76 bits per heavy atom. The van der Waals surface area contributed by atoms with Crippen molar-refractivity contribution in [2.75, 3.05) is 5.73 Å². The molecule has 2 aromatic carbocycles. The van der Waals surface area contributed by atoms with Crippen molar-refractivity contribution in [3.8, 4) is 0 Å². The van der Waals surface area contributed by atoms with Crippen LogP contribution in [0.15, 0.2) is 46.2 Å². The highest BCUT2D eigenvalue weighted by atomic mass is 35.5. The Bertz CT molecular complexity index is 506. The van der Waals surface area contributed by atoms with Gasteiger partial charge in [-0.3, -0.25) is 0 Å². The zero-order valence-corrected chi connectivity index (χ0v) is 11.5. The number of nitrogens with two attached hydrogens (primary N) is 1. The van der Waals surface area contributed by atoms with Crippen molar-refractivity contribution in [2.45, 2.75) is 16.7 Å². The average molecular weight is 284 g/mol. The van der Waals surface area contributed by atoms with E-state index in [2.05, 4.69) is 0 Å². The van der Waals surface area contributed by atoms with E-state index in [-0.39, 0.29) is 0 Å². The van der Waals surface area contributed by atoms with Crippen LogP contribution in [0.2, 0.25) is 10.0 Å². The fourth-order valence-corrected chi connectivity index (χ4v) is 2.89. The Morgan fingerprint density at radius 1 is 1.00 bits per heavy atom. The van der Waals surface area contributed by atoms with E-state index in [1.807, 2.05) is 31.2 Å². The van der Waals surface area contributed by atoms with Gasteiger partial charge in [0.15, 0.2) is 0 Å². The van der Waals surface area contributed by atoms with Gasteiger partial charge in [0.05, 0.1) is 5.02 Å². The number of hydrogen-bond donors (Lipinski definition) is 1. The molecule has 2 aromatic rings. The lowest BCUT2D eigenvalue weighted by Gasteiger charge is -2.08. The van der Waals surface area contributed by atoms with Crippen molar-refractivity contribution in [1.29, 1.82) is 0 Å². The Labute approximate surface area is 115 Å². The molecule has 0 amide bonds. The number of halogens is 2. The summed E-state index contributed by atoms with van der Waals surface area (Å²) in [6.07, 6.45) is 0. The minimum atomic E-state index is 0.670.